The van der Waals surface area contributed by atoms with Crippen molar-refractivity contribution in [1.29, 1.82) is 0 Å². The van der Waals surface area contributed by atoms with Gasteiger partial charge in [-0.2, -0.15) is 13.2 Å². The highest BCUT2D eigenvalue weighted by molar-refractivity contribution is 5.81. The Labute approximate surface area is 93.1 Å². The van der Waals surface area contributed by atoms with Gasteiger partial charge in [-0.25, -0.2) is 4.79 Å². The Morgan fingerprint density at radius 3 is 2.25 bits per heavy atom. The second-order valence-corrected chi connectivity index (χ2v) is 4.37. The summed E-state index contributed by atoms with van der Waals surface area (Å²) in [4.78, 5) is 11.1. The van der Waals surface area contributed by atoms with Crippen LogP contribution in [0.5, 0.6) is 0 Å². The molecule has 0 saturated heterocycles. The van der Waals surface area contributed by atoms with Crippen molar-refractivity contribution in [2.24, 2.45) is 11.7 Å². The molecule has 3 nitrogen and oxygen atoms in total. The summed E-state index contributed by atoms with van der Waals surface area (Å²) in [5.41, 5.74) is 1.95. The molecule has 0 amide bonds. The number of esters is 1. The fraction of sp³-hybridized carbons (Fsp3) is 0.900. The Bertz CT molecular complexity index is 237. The van der Waals surface area contributed by atoms with E-state index in [1.165, 1.54) is 0 Å². The Hall–Kier alpha value is -0.780. The van der Waals surface area contributed by atoms with E-state index in [0.717, 1.165) is 6.42 Å². The molecule has 1 unspecified atom stereocenters. The fourth-order valence-electron chi connectivity index (χ4n) is 0.922. The molecule has 0 aliphatic carbocycles. The Kier molecular flexibility index (Phi) is 5.25. The predicted molar refractivity (Wildman–Crippen MR) is 53.7 cm³/mol. The van der Waals surface area contributed by atoms with Gasteiger partial charge in [-0.05, 0) is 25.7 Å². The summed E-state index contributed by atoms with van der Waals surface area (Å²) in [6.45, 7) is 4.53. The maximum Gasteiger partial charge on any atom is 0.416 e. The third-order valence-electron chi connectivity index (χ3n) is 2.17. The van der Waals surface area contributed by atoms with Gasteiger partial charge in [-0.15, -0.1) is 0 Å². The molecule has 0 aliphatic heterocycles. The number of hydrogen-bond donors (Lipinski definition) is 1. The molecule has 2 N–H and O–H groups in total. The van der Waals surface area contributed by atoms with Crippen LogP contribution in [0.15, 0.2) is 0 Å². The number of nitrogens with two attached hydrogens (primary N) is 1. The first-order chi connectivity index (χ1) is 7.09. The van der Waals surface area contributed by atoms with E-state index in [9.17, 15) is 18.0 Å². The van der Waals surface area contributed by atoms with E-state index in [1.54, 1.807) is 0 Å². The van der Waals surface area contributed by atoms with Gasteiger partial charge in [0, 0.05) is 0 Å². The molecule has 0 radical (unpaired) electrons. The molecule has 96 valence electrons. The minimum Gasteiger partial charge on any atom is -0.464 e. The SMILES string of the molecule is CC(C)CCCOC(=O)C(C)(N)C(F)(F)F. The first-order valence-corrected chi connectivity index (χ1v) is 5.12. The van der Waals surface area contributed by atoms with Gasteiger partial charge in [0.1, 0.15) is 0 Å². The van der Waals surface area contributed by atoms with Crippen molar-refractivity contribution in [2.45, 2.75) is 45.3 Å². The minimum atomic E-state index is -4.79. The number of halogens is 3. The van der Waals surface area contributed by atoms with Crippen LogP contribution in [-0.4, -0.2) is 24.3 Å². The molecule has 1 atom stereocenters. The van der Waals surface area contributed by atoms with E-state index in [1.807, 2.05) is 13.8 Å². The molecule has 6 heteroatoms. The van der Waals surface area contributed by atoms with Crippen LogP contribution < -0.4 is 5.73 Å². The molecular weight excluding hydrogens is 223 g/mol. The summed E-state index contributed by atoms with van der Waals surface area (Å²) in [7, 11) is 0. The minimum absolute atomic E-state index is 0.0279. The average molecular weight is 241 g/mol. The summed E-state index contributed by atoms with van der Waals surface area (Å²) >= 11 is 0. The van der Waals surface area contributed by atoms with Crippen molar-refractivity contribution in [2.75, 3.05) is 6.61 Å². The van der Waals surface area contributed by atoms with E-state index in [-0.39, 0.29) is 6.61 Å². The lowest BCUT2D eigenvalue weighted by atomic mass is 10.0. The van der Waals surface area contributed by atoms with Crippen LogP contribution in [-0.2, 0) is 9.53 Å². The van der Waals surface area contributed by atoms with Crippen molar-refractivity contribution in [3.05, 3.63) is 0 Å². The van der Waals surface area contributed by atoms with E-state index in [2.05, 4.69) is 4.74 Å². The van der Waals surface area contributed by atoms with Gasteiger partial charge in [0.25, 0.3) is 0 Å². The summed E-state index contributed by atoms with van der Waals surface area (Å²) in [5.74, 6) is -1.01. The standard InChI is InChI=1S/C10H18F3NO2/c1-7(2)5-4-6-16-8(15)9(3,14)10(11,12)13/h7H,4-6,14H2,1-3H3. The molecule has 0 saturated carbocycles. The van der Waals surface area contributed by atoms with Gasteiger partial charge in [-0.1, -0.05) is 13.8 Å². The number of alkyl halides is 3. The van der Waals surface area contributed by atoms with E-state index < -0.39 is 17.7 Å². The summed E-state index contributed by atoms with van der Waals surface area (Å²) in [6, 6.07) is 0. The number of ether oxygens (including phenoxy) is 1. The molecule has 16 heavy (non-hydrogen) atoms. The van der Waals surface area contributed by atoms with Crippen LogP contribution in [0.25, 0.3) is 0 Å². The van der Waals surface area contributed by atoms with Gasteiger partial charge in [0.2, 0.25) is 5.54 Å². The van der Waals surface area contributed by atoms with Gasteiger partial charge >= 0.3 is 12.1 Å². The van der Waals surface area contributed by atoms with Gasteiger partial charge < -0.3 is 10.5 Å². The lowest BCUT2D eigenvalue weighted by Crippen LogP contribution is -2.57. The summed E-state index contributed by atoms with van der Waals surface area (Å²) in [5, 5.41) is 0. The average Bonchev–Trinajstić information content (AvgIpc) is 2.09. The number of carbonyl (C=O) groups excluding carboxylic acids is 1. The molecule has 0 fully saturated rings. The number of hydrogen-bond acceptors (Lipinski definition) is 3. The van der Waals surface area contributed by atoms with Gasteiger partial charge in [0.05, 0.1) is 6.61 Å². The zero-order chi connectivity index (χ0) is 13.0. The van der Waals surface area contributed by atoms with Crippen LogP contribution in [0.2, 0.25) is 0 Å². The van der Waals surface area contributed by atoms with E-state index in [4.69, 9.17) is 5.73 Å². The van der Waals surface area contributed by atoms with Crippen molar-refractivity contribution in [3.63, 3.8) is 0 Å². The van der Waals surface area contributed by atoms with Crippen molar-refractivity contribution in [1.82, 2.24) is 0 Å². The van der Waals surface area contributed by atoms with Crippen molar-refractivity contribution >= 4 is 5.97 Å². The normalized spacial score (nSPS) is 16.0. The molecule has 0 spiro atoms. The maximum atomic E-state index is 12.3. The first-order valence-electron chi connectivity index (χ1n) is 5.12. The number of rotatable bonds is 5. The predicted octanol–water partition coefficient (Wildman–Crippen LogP) is 2.25. The van der Waals surface area contributed by atoms with Crippen LogP contribution in [0.3, 0.4) is 0 Å². The van der Waals surface area contributed by atoms with Crippen molar-refractivity contribution in [3.8, 4) is 0 Å². The quantitative estimate of drug-likeness (QED) is 0.593. The Morgan fingerprint density at radius 2 is 1.88 bits per heavy atom. The molecule has 0 aromatic rings. The molecule has 0 aromatic carbocycles. The van der Waals surface area contributed by atoms with Crippen molar-refractivity contribution < 1.29 is 22.7 Å². The molecule has 0 aliphatic rings. The fourth-order valence-corrected chi connectivity index (χ4v) is 0.922. The molecule has 0 heterocycles. The maximum absolute atomic E-state index is 12.3. The summed E-state index contributed by atoms with van der Waals surface area (Å²) in [6.07, 6.45) is -3.46. The zero-order valence-corrected chi connectivity index (χ0v) is 9.73. The Morgan fingerprint density at radius 1 is 1.38 bits per heavy atom. The monoisotopic (exact) mass is 241 g/mol. The third kappa shape index (κ3) is 4.38. The van der Waals surface area contributed by atoms with Crippen LogP contribution in [0.4, 0.5) is 13.2 Å². The first kappa shape index (κ1) is 15.2. The van der Waals surface area contributed by atoms with Crippen LogP contribution in [0.1, 0.15) is 33.6 Å². The highest BCUT2D eigenvalue weighted by atomic mass is 19.4. The van der Waals surface area contributed by atoms with E-state index >= 15 is 0 Å². The Balaban J connectivity index is 4.07. The zero-order valence-electron chi connectivity index (χ0n) is 9.73. The van der Waals surface area contributed by atoms with Gasteiger partial charge in [-0.3, -0.25) is 0 Å². The lowest BCUT2D eigenvalue weighted by molar-refractivity contribution is -0.202. The largest absolute Gasteiger partial charge is 0.464 e. The third-order valence-corrected chi connectivity index (χ3v) is 2.17. The smallest absolute Gasteiger partial charge is 0.416 e. The molecule has 0 aromatic heterocycles. The second kappa shape index (κ2) is 5.52. The lowest BCUT2D eigenvalue weighted by Gasteiger charge is -2.25. The highest BCUT2D eigenvalue weighted by Gasteiger charge is 2.55. The molecular formula is C10H18F3NO2. The number of carbonyl (C=O) groups is 1. The van der Waals surface area contributed by atoms with Crippen LogP contribution >= 0.6 is 0 Å². The molecule has 0 bridgehead atoms. The summed E-state index contributed by atoms with van der Waals surface area (Å²) < 4.78 is 41.4. The van der Waals surface area contributed by atoms with Crippen LogP contribution in [0, 0.1) is 5.92 Å². The second-order valence-electron chi connectivity index (χ2n) is 4.37. The molecule has 0 rings (SSSR count). The topological polar surface area (TPSA) is 52.3 Å². The van der Waals surface area contributed by atoms with Gasteiger partial charge in [0.15, 0.2) is 0 Å². The van der Waals surface area contributed by atoms with E-state index in [0.29, 0.717) is 19.3 Å². The highest BCUT2D eigenvalue weighted by Crippen LogP contribution is 2.28.